The van der Waals surface area contributed by atoms with Gasteiger partial charge < -0.3 is 20.1 Å². The zero-order chi connectivity index (χ0) is 17.0. The van der Waals surface area contributed by atoms with Gasteiger partial charge in [0.25, 0.3) is 0 Å². The predicted octanol–water partition coefficient (Wildman–Crippen LogP) is 1.20. The normalized spacial score (nSPS) is 17.3. The molecule has 0 aliphatic carbocycles. The summed E-state index contributed by atoms with van der Waals surface area (Å²) in [7, 11) is 0. The number of nitrogens with one attached hydrogen (secondary N) is 1. The maximum absolute atomic E-state index is 10.6. The first-order valence-corrected chi connectivity index (χ1v) is 7.05. The summed E-state index contributed by atoms with van der Waals surface area (Å²) in [5.74, 6) is -1.78. The van der Waals surface area contributed by atoms with Crippen LogP contribution >= 0.6 is 11.6 Å². The molecular weight excluding hydrogens is 341 g/mol. The molecule has 0 amide bonds. The molecule has 1 fully saturated rings. The van der Waals surface area contributed by atoms with Crippen LogP contribution < -0.4 is 10.2 Å². The van der Waals surface area contributed by atoms with E-state index in [2.05, 4.69) is 20.2 Å². The van der Waals surface area contributed by atoms with E-state index in [1.807, 2.05) is 0 Å². The number of carboxylic acid groups (broad SMARTS) is 1. The minimum atomic E-state index is -5.08. The monoisotopic (exact) mass is 354 g/mol. The van der Waals surface area contributed by atoms with Crippen molar-refractivity contribution in [1.29, 1.82) is 0 Å². The van der Waals surface area contributed by atoms with Crippen molar-refractivity contribution in [2.75, 3.05) is 31.2 Å². The Labute approximate surface area is 134 Å². The van der Waals surface area contributed by atoms with Crippen molar-refractivity contribution in [2.24, 2.45) is 0 Å². The van der Waals surface area contributed by atoms with E-state index in [1.54, 1.807) is 0 Å². The summed E-state index contributed by atoms with van der Waals surface area (Å²) in [6.45, 7) is 4.88. The number of halogens is 4. The first-order valence-electron chi connectivity index (χ1n) is 6.68. The van der Waals surface area contributed by atoms with E-state index in [9.17, 15) is 13.2 Å². The van der Waals surface area contributed by atoms with Crippen LogP contribution in [0.3, 0.4) is 0 Å². The second-order valence-electron chi connectivity index (χ2n) is 4.75. The number of fused-ring (bicyclic) bond motifs is 1. The summed E-state index contributed by atoms with van der Waals surface area (Å²) >= 11 is 5.94. The first-order chi connectivity index (χ1) is 10.8. The number of morpholine rings is 1. The van der Waals surface area contributed by atoms with Crippen molar-refractivity contribution in [2.45, 2.75) is 19.3 Å². The Hall–Kier alpha value is -1.65. The summed E-state index contributed by atoms with van der Waals surface area (Å²) in [4.78, 5) is 19.7. The minimum Gasteiger partial charge on any atom is -0.475 e. The lowest BCUT2D eigenvalue weighted by Gasteiger charge is -2.29. The Morgan fingerprint density at radius 1 is 1.26 bits per heavy atom. The minimum absolute atomic E-state index is 0.337. The van der Waals surface area contributed by atoms with Gasteiger partial charge in [-0.05, 0) is 11.6 Å². The number of aliphatic carboxylic acids is 1. The maximum Gasteiger partial charge on any atom is 0.490 e. The van der Waals surface area contributed by atoms with Gasteiger partial charge in [-0.25, -0.2) is 14.8 Å². The van der Waals surface area contributed by atoms with Crippen LogP contribution in [-0.2, 0) is 22.6 Å². The van der Waals surface area contributed by atoms with Crippen LogP contribution in [-0.4, -0.2) is 53.5 Å². The number of rotatable bonds is 1. The quantitative estimate of drug-likeness (QED) is 0.733. The highest BCUT2D eigenvalue weighted by Crippen LogP contribution is 2.26. The molecule has 128 valence electrons. The molecule has 1 saturated heterocycles. The largest absolute Gasteiger partial charge is 0.490 e. The lowest BCUT2D eigenvalue weighted by atomic mass is 10.2. The van der Waals surface area contributed by atoms with Crippen molar-refractivity contribution in [1.82, 2.24) is 15.3 Å². The Morgan fingerprint density at radius 2 is 1.87 bits per heavy atom. The van der Waals surface area contributed by atoms with Crippen LogP contribution in [0.15, 0.2) is 0 Å². The van der Waals surface area contributed by atoms with Gasteiger partial charge in [0.1, 0.15) is 5.82 Å². The van der Waals surface area contributed by atoms with Crippen LogP contribution in [0.4, 0.5) is 19.0 Å². The smallest absolute Gasteiger partial charge is 0.475 e. The molecule has 0 spiro atoms. The number of nitrogens with zero attached hydrogens (tertiary/aromatic N) is 3. The predicted molar refractivity (Wildman–Crippen MR) is 74.3 cm³/mol. The molecule has 2 N–H and O–H groups in total. The van der Waals surface area contributed by atoms with E-state index in [-0.39, 0.29) is 0 Å². The van der Waals surface area contributed by atoms with E-state index in [0.717, 1.165) is 50.9 Å². The SMILES string of the molecule is Clc1nc2c(c(N3CCOCC3)n1)CNC2.O=C(O)C(F)(F)F. The Kier molecular flexibility index (Phi) is 5.60. The highest BCUT2D eigenvalue weighted by atomic mass is 35.5. The van der Waals surface area contributed by atoms with E-state index in [4.69, 9.17) is 26.2 Å². The third kappa shape index (κ3) is 4.66. The molecule has 1 aromatic rings. The Morgan fingerprint density at radius 3 is 2.43 bits per heavy atom. The number of ether oxygens (including phenoxy) is 1. The van der Waals surface area contributed by atoms with E-state index in [1.165, 1.54) is 5.56 Å². The maximum atomic E-state index is 10.6. The van der Waals surface area contributed by atoms with Gasteiger partial charge in [-0.3, -0.25) is 0 Å². The first kappa shape index (κ1) is 17.7. The van der Waals surface area contributed by atoms with Crippen LogP contribution in [0.5, 0.6) is 0 Å². The molecule has 3 heterocycles. The summed E-state index contributed by atoms with van der Waals surface area (Å²) in [5.41, 5.74) is 2.22. The molecule has 0 unspecified atom stereocenters. The Bertz CT molecular complexity index is 579. The number of carbonyl (C=O) groups is 1. The second kappa shape index (κ2) is 7.28. The molecule has 1 aromatic heterocycles. The molecular formula is C12H14ClF3N4O3. The van der Waals surface area contributed by atoms with Gasteiger partial charge in [-0.1, -0.05) is 0 Å². The molecule has 0 atom stereocenters. The van der Waals surface area contributed by atoms with Crippen molar-refractivity contribution in [3.8, 4) is 0 Å². The van der Waals surface area contributed by atoms with Crippen molar-refractivity contribution in [3.63, 3.8) is 0 Å². The summed E-state index contributed by atoms with van der Waals surface area (Å²) in [6.07, 6.45) is -5.08. The van der Waals surface area contributed by atoms with Crippen LogP contribution in [0, 0.1) is 0 Å². The van der Waals surface area contributed by atoms with E-state index < -0.39 is 12.1 Å². The molecule has 0 aromatic carbocycles. The number of aromatic nitrogens is 2. The summed E-state index contributed by atoms with van der Waals surface area (Å²) < 4.78 is 37.1. The number of hydrogen-bond acceptors (Lipinski definition) is 6. The second-order valence-corrected chi connectivity index (χ2v) is 5.09. The van der Waals surface area contributed by atoms with Gasteiger partial charge in [0.2, 0.25) is 5.28 Å². The van der Waals surface area contributed by atoms with Gasteiger partial charge in [0, 0.05) is 31.7 Å². The van der Waals surface area contributed by atoms with Gasteiger partial charge in [0.15, 0.2) is 0 Å². The zero-order valence-electron chi connectivity index (χ0n) is 11.9. The van der Waals surface area contributed by atoms with E-state index in [0.29, 0.717) is 5.28 Å². The molecule has 0 bridgehead atoms. The topological polar surface area (TPSA) is 87.6 Å². The molecule has 3 rings (SSSR count). The lowest BCUT2D eigenvalue weighted by molar-refractivity contribution is -0.192. The molecule has 23 heavy (non-hydrogen) atoms. The summed E-state index contributed by atoms with van der Waals surface area (Å²) in [6, 6.07) is 0. The highest BCUT2D eigenvalue weighted by molar-refractivity contribution is 6.28. The fourth-order valence-electron chi connectivity index (χ4n) is 2.16. The third-order valence-electron chi connectivity index (χ3n) is 3.19. The zero-order valence-corrected chi connectivity index (χ0v) is 12.6. The average molecular weight is 355 g/mol. The highest BCUT2D eigenvalue weighted by Gasteiger charge is 2.38. The third-order valence-corrected chi connectivity index (χ3v) is 3.36. The fraction of sp³-hybridized carbons (Fsp3) is 0.583. The lowest BCUT2D eigenvalue weighted by Crippen LogP contribution is -2.37. The number of anilines is 1. The van der Waals surface area contributed by atoms with Gasteiger partial charge in [-0.2, -0.15) is 13.2 Å². The molecule has 2 aliphatic rings. The molecule has 0 radical (unpaired) electrons. The van der Waals surface area contributed by atoms with Gasteiger partial charge >= 0.3 is 12.1 Å². The Balaban J connectivity index is 0.000000236. The summed E-state index contributed by atoms with van der Waals surface area (Å²) in [5, 5.41) is 10.7. The van der Waals surface area contributed by atoms with Crippen molar-refractivity contribution < 1.29 is 27.8 Å². The number of carboxylic acids is 1. The van der Waals surface area contributed by atoms with Crippen molar-refractivity contribution in [3.05, 3.63) is 16.5 Å². The van der Waals surface area contributed by atoms with Crippen LogP contribution in [0.25, 0.3) is 0 Å². The average Bonchev–Trinajstić information content (AvgIpc) is 2.95. The van der Waals surface area contributed by atoms with Crippen LogP contribution in [0.2, 0.25) is 5.28 Å². The molecule has 11 heteroatoms. The van der Waals surface area contributed by atoms with E-state index >= 15 is 0 Å². The number of alkyl halides is 3. The van der Waals surface area contributed by atoms with Gasteiger partial charge in [-0.15, -0.1) is 0 Å². The molecule has 2 aliphatic heterocycles. The fourth-order valence-corrected chi connectivity index (χ4v) is 2.34. The molecule has 0 saturated carbocycles. The van der Waals surface area contributed by atoms with Crippen molar-refractivity contribution >= 4 is 23.4 Å². The standard InChI is InChI=1S/C10H13ClN4O.C2HF3O2/c11-10-13-8-6-12-5-7(8)9(14-10)15-1-3-16-4-2-15;3-2(4,5)1(6)7/h12H,1-6H2;(H,6,7). The van der Waals surface area contributed by atoms with Gasteiger partial charge in [0.05, 0.1) is 18.9 Å². The molecule has 7 nitrogen and oxygen atoms in total. The van der Waals surface area contributed by atoms with Crippen LogP contribution in [0.1, 0.15) is 11.3 Å². The number of hydrogen-bond donors (Lipinski definition) is 2.